The number of amides is 1. The van der Waals surface area contributed by atoms with E-state index in [2.05, 4.69) is 23.4 Å². The minimum absolute atomic E-state index is 0.0422. The van der Waals surface area contributed by atoms with Gasteiger partial charge in [-0.3, -0.25) is 4.79 Å². The molecule has 43 heavy (non-hydrogen) atoms. The van der Waals surface area contributed by atoms with Crippen molar-refractivity contribution in [3.05, 3.63) is 82.1 Å². The molecule has 2 aromatic carbocycles. The van der Waals surface area contributed by atoms with Crippen LogP contribution in [0.1, 0.15) is 35.8 Å². The van der Waals surface area contributed by atoms with E-state index in [9.17, 15) is 9.18 Å². The monoisotopic (exact) mass is 604 g/mol. The van der Waals surface area contributed by atoms with Crippen molar-refractivity contribution in [1.29, 1.82) is 0 Å². The number of halogens is 2. The summed E-state index contributed by atoms with van der Waals surface area (Å²) in [4.78, 5) is 31.5. The standard InChI is InChI=1S/C32H34ClFN6O3/c1-20(34)31(41)40-14-13-39(17-23(40)16-35-2)30-25-19-42-28(24-10-4-7-21-8-5-11-26(33)29(21)24)15-27(25)36-32(37-30)43-18-22-9-6-12-38(22)3/h4-5,7-8,10-11,22-23,28H,1,6,9,12-19H2,3H3/t22-,23+,28-/m1/s1. The number of carbonyl (C=O) groups is 1. The number of carbonyl (C=O) groups excluding carboxylic acids is 1. The van der Waals surface area contributed by atoms with Gasteiger partial charge in [-0.2, -0.15) is 9.97 Å². The number of likely N-dealkylation sites (tertiary alicyclic amines) is 1. The van der Waals surface area contributed by atoms with Crippen LogP contribution in [0.3, 0.4) is 0 Å². The van der Waals surface area contributed by atoms with Crippen molar-refractivity contribution in [3.63, 3.8) is 0 Å². The smallest absolute Gasteiger partial charge is 0.318 e. The average molecular weight is 605 g/mol. The molecule has 0 bridgehead atoms. The summed E-state index contributed by atoms with van der Waals surface area (Å²) in [6.07, 6.45) is 2.41. The third-order valence-corrected chi connectivity index (χ3v) is 9.06. The van der Waals surface area contributed by atoms with Gasteiger partial charge in [0.2, 0.25) is 6.54 Å². The van der Waals surface area contributed by atoms with Crippen LogP contribution in [0.5, 0.6) is 6.01 Å². The van der Waals surface area contributed by atoms with E-state index in [0.717, 1.165) is 47.0 Å². The largest absolute Gasteiger partial charge is 0.462 e. The summed E-state index contributed by atoms with van der Waals surface area (Å²) < 4.78 is 26.5. The Bertz CT molecular complexity index is 1590. The number of rotatable bonds is 7. The van der Waals surface area contributed by atoms with E-state index in [1.807, 2.05) is 41.3 Å². The van der Waals surface area contributed by atoms with E-state index >= 15 is 0 Å². The van der Waals surface area contributed by atoms with Crippen molar-refractivity contribution < 1.29 is 18.7 Å². The minimum Gasteiger partial charge on any atom is -0.462 e. The Hall–Kier alpha value is -3.78. The highest BCUT2D eigenvalue weighted by Gasteiger charge is 2.37. The van der Waals surface area contributed by atoms with Gasteiger partial charge in [-0.25, -0.2) is 11.0 Å². The molecular formula is C32H34ClFN6O3. The number of ether oxygens (including phenoxy) is 2. The second-order valence-corrected chi connectivity index (χ2v) is 11.8. The molecule has 1 aromatic heterocycles. The Morgan fingerprint density at radius 2 is 2.02 bits per heavy atom. The second kappa shape index (κ2) is 12.4. The lowest BCUT2D eigenvalue weighted by atomic mass is 9.94. The fourth-order valence-electron chi connectivity index (χ4n) is 6.44. The Labute approximate surface area is 255 Å². The normalized spacial score (nSPS) is 22.3. The predicted octanol–water partition coefficient (Wildman–Crippen LogP) is 4.99. The van der Waals surface area contributed by atoms with E-state index in [4.69, 9.17) is 37.6 Å². The van der Waals surface area contributed by atoms with Crippen LogP contribution in [0.2, 0.25) is 5.02 Å². The van der Waals surface area contributed by atoms with Crippen LogP contribution in [0.4, 0.5) is 10.2 Å². The number of nitrogens with zero attached hydrogens (tertiary/aromatic N) is 6. The number of hydrogen-bond acceptors (Lipinski definition) is 7. The zero-order valence-electron chi connectivity index (χ0n) is 24.1. The van der Waals surface area contributed by atoms with Gasteiger partial charge in [0, 0.05) is 48.1 Å². The summed E-state index contributed by atoms with van der Waals surface area (Å²) in [6, 6.07) is 12.0. The molecule has 0 unspecified atom stereocenters. The highest BCUT2D eigenvalue weighted by Crippen LogP contribution is 2.39. The Kier molecular flexibility index (Phi) is 8.48. The minimum atomic E-state index is -1.02. The fraction of sp³-hybridized carbons (Fsp3) is 0.438. The summed E-state index contributed by atoms with van der Waals surface area (Å²) in [7, 11) is 2.10. The van der Waals surface area contributed by atoms with Gasteiger partial charge in [0.05, 0.1) is 18.4 Å². The Balaban J connectivity index is 1.34. The van der Waals surface area contributed by atoms with Crippen molar-refractivity contribution in [2.75, 3.05) is 51.3 Å². The lowest BCUT2D eigenvalue weighted by molar-refractivity contribution is -0.131. The molecule has 3 aliphatic rings. The molecule has 1 amide bonds. The molecule has 0 N–H and O–H groups in total. The summed E-state index contributed by atoms with van der Waals surface area (Å²) >= 11 is 6.65. The summed E-state index contributed by atoms with van der Waals surface area (Å²) in [6.45, 7) is 13.4. The van der Waals surface area contributed by atoms with Gasteiger partial charge >= 0.3 is 6.01 Å². The van der Waals surface area contributed by atoms with Crippen LogP contribution >= 0.6 is 11.6 Å². The average Bonchev–Trinajstić information content (AvgIpc) is 3.43. The number of fused-ring (bicyclic) bond motifs is 2. The topological polar surface area (TPSA) is 75.4 Å². The van der Waals surface area contributed by atoms with Crippen LogP contribution in [0, 0.1) is 6.57 Å². The molecule has 3 atom stereocenters. The lowest BCUT2D eigenvalue weighted by Gasteiger charge is -2.40. The molecule has 0 aliphatic carbocycles. The molecule has 2 fully saturated rings. The SMILES string of the molecule is [C-]#[N+]C[C@H]1CN(c2nc(OC[C@H]3CCCN3C)nc3c2CO[C@@H](c2cccc4cccc(Cl)c24)C3)CCN1C(=O)C(=C)F. The van der Waals surface area contributed by atoms with Crippen molar-refractivity contribution in [3.8, 4) is 6.01 Å². The van der Waals surface area contributed by atoms with Crippen LogP contribution in [-0.4, -0.2) is 84.1 Å². The first-order valence-electron chi connectivity index (χ1n) is 14.6. The molecule has 4 heterocycles. The zero-order chi connectivity index (χ0) is 30.1. The van der Waals surface area contributed by atoms with E-state index < -0.39 is 17.8 Å². The van der Waals surface area contributed by atoms with Gasteiger partial charge in [-0.05, 0) is 43.5 Å². The molecule has 0 radical (unpaired) electrons. The van der Waals surface area contributed by atoms with Crippen molar-refractivity contribution in [1.82, 2.24) is 19.8 Å². The summed E-state index contributed by atoms with van der Waals surface area (Å²) in [5.74, 6) is -1.14. The number of likely N-dealkylation sites (N-methyl/N-ethyl adjacent to an activating group) is 1. The fourth-order valence-corrected chi connectivity index (χ4v) is 6.73. The maximum absolute atomic E-state index is 13.8. The molecule has 3 aliphatic heterocycles. The number of benzene rings is 2. The third-order valence-electron chi connectivity index (χ3n) is 8.74. The number of piperazine rings is 1. The van der Waals surface area contributed by atoms with Crippen LogP contribution < -0.4 is 9.64 Å². The van der Waals surface area contributed by atoms with Gasteiger partial charge in [0.15, 0.2) is 5.83 Å². The number of anilines is 1. The highest BCUT2D eigenvalue weighted by molar-refractivity contribution is 6.35. The van der Waals surface area contributed by atoms with Gasteiger partial charge in [0.1, 0.15) is 18.5 Å². The van der Waals surface area contributed by atoms with Crippen LogP contribution in [0.15, 0.2) is 48.8 Å². The molecule has 0 spiro atoms. The maximum atomic E-state index is 13.8. The summed E-state index contributed by atoms with van der Waals surface area (Å²) in [5, 5.41) is 2.68. The van der Waals surface area contributed by atoms with E-state index in [0.29, 0.717) is 49.0 Å². The first kappa shape index (κ1) is 29.3. The van der Waals surface area contributed by atoms with Gasteiger partial charge in [-0.15, -0.1) is 0 Å². The molecule has 224 valence electrons. The van der Waals surface area contributed by atoms with Crippen molar-refractivity contribution in [2.45, 2.75) is 44.1 Å². The Morgan fingerprint density at radius 3 is 2.77 bits per heavy atom. The lowest BCUT2D eigenvalue weighted by Crippen LogP contribution is -2.57. The molecule has 2 saturated heterocycles. The molecule has 0 saturated carbocycles. The maximum Gasteiger partial charge on any atom is 0.318 e. The Morgan fingerprint density at radius 1 is 1.21 bits per heavy atom. The summed E-state index contributed by atoms with van der Waals surface area (Å²) in [5.41, 5.74) is 2.68. The zero-order valence-corrected chi connectivity index (χ0v) is 24.9. The van der Waals surface area contributed by atoms with Crippen LogP contribution in [-0.2, 0) is 22.6 Å². The van der Waals surface area contributed by atoms with E-state index in [1.54, 1.807) is 0 Å². The third kappa shape index (κ3) is 5.90. The predicted molar refractivity (Wildman–Crippen MR) is 163 cm³/mol. The van der Waals surface area contributed by atoms with Gasteiger partial charge in [0.25, 0.3) is 5.91 Å². The number of hydrogen-bond donors (Lipinski definition) is 0. The van der Waals surface area contributed by atoms with Crippen molar-refractivity contribution >= 4 is 34.1 Å². The highest BCUT2D eigenvalue weighted by atomic mass is 35.5. The second-order valence-electron chi connectivity index (χ2n) is 11.4. The molecular weight excluding hydrogens is 571 g/mol. The van der Waals surface area contributed by atoms with Crippen LogP contribution in [0.25, 0.3) is 15.6 Å². The van der Waals surface area contributed by atoms with Gasteiger partial charge in [-0.1, -0.05) is 48.5 Å². The quantitative estimate of drug-likeness (QED) is 0.278. The molecule has 9 nitrogen and oxygen atoms in total. The molecule has 11 heteroatoms. The van der Waals surface area contributed by atoms with Gasteiger partial charge < -0.3 is 29.0 Å². The number of aromatic nitrogens is 2. The molecule has 6 rings (SSSR count). The van der Waals surface area contributed by atoms with E-state index in [1.165, 1.54) is 4.90 Å². The molecule has 3 aromatic rings. The first-order chi connectivity index (χ1) is 20.8. The van der Waals surface area contributed by atoms with Crippen molar-refractivity contribution in [2.24, 2.45) is 0 Å². The van der Waals surface area contributed by atoms with E-state index in [-0.39, 0.29) is 25.8 Å². The first-order valence-corrected chi connectivity index (χ1v) is 15.0.